The maximum absolute atomic E-state index is 13.4. The Balaban J connectivity index is 1.87. The zero-order chi connectivity index (χ0) is 13.3. The number of nitrogens with zero attached hydrogens (tertiary/aromatic N) is 1. The number of piperidine rings is 1. The van der Waals surface area contributed by atoms with Gasteiger partial charge in [-0.2, -0.15) is 5.26 Å². The summed E-state index contributed by atoms with van der Waals surface area (Å²) in [5.41, 5.74) is 2.08. The van der Waals surface area contributed by atoms with Gasteiger partial charge >= 0.3 is 0 Å². The van der Waals surface area contributed by atoms with Gasteiger partial charge in [-0.05, 0) is 74.4 Å². The van der Waals surface area contributed by atoms with Crippen LogP contribution < -0.4 is 5.32 Å². The van der Waals surface area contributed by atoms with Crippen LogP contribution in [0, 0.1) is 22.6 Å². The van der Waals surface area contributed by atoms with Crippen LogP contribution in [0.25, 0.3) is 0 Å². The largest absolute Gasteiger partial charge is 0.317 e. The van der Waals surface area contributed by atoms with Gasteiger partial charge in [-0.3, -0.25) is 0 Å². The van der Waals surface area contributed by atoms with Gasteiger partial charge in [0.25, 0.3) is 0 Å². The molecule has 1 aromatic rings. The van der Waals surface area contributed by atoms with Crippen molar-refractivity contribution in [2.24, 2.45) is 5.41 Å². The fourth-order valence-corrected chi connectivity index (χ4v) is 3.10. The Morgan fingerprint density at radius 2 is 2.05 bits per heavy atom. The minimum Gasteiger partial charge on any atom is -0.317 e. The number of hydrogen-bond acceptors (Lipinski definition) is 2. The normalized spacial score (nSPS) is 21.9. The number of hydrogen-bond donors (Lipinski definition) is 1. The number of nitriles is 1. The van der Waals surface area contributed by atoms with Crippen molar-refractivity contribution in [2.75, 3.05) is 13.1 Å². The van der Waals surface area contributed by atoms with E-state index in [1.54, 1.807) is 6.07 Å². The monoisotopic (exact) mass is 258 g/mol. The first-order valence-corrected chi connectivity index (χ1v) is 7.13. The Hall–Kier alpha value is -1.40. The van der Waals surface area contributed by atoms with Crippen molar-refractivity contribution in [2.45, 2.75) is 38.0 Å². The third-order valence-corrected chi connectivity index (χ3v) is 4.45. The number of halogens is 1. The van der Waals surface area contributed by atoms with E-state index in [0.29, 0.717) is 5.92 Å². The summed E-state index contributed by atoms with van der Waals surface area (Å²) in [6, 6.07) is 7.64. The summed E-state index contributed by atoms with van der Waals surface area (Å²) in [7, 11) is 0. The Kier molecular flexibility index (Phi) is 3.28. The van der Waals surface area contributed by atoms with Gasteiger partial charge in [0.15, 0.2) is 0 Å². The first-order valence-electron chi connectivity index (χ1n) is 7.13. The molecular weight excluding hydrogens is 239 g/mol. The average molecular weight is 258 g/mol. The van der Waals surface area contributed by atoms with Crippen LogP contribution in [-0.2, 0) is 6.42 Å². The molecule has 100 valence electrons. The van der Waals surface area contributed by atoms with Gasteiger partial charge in [0.1, 0.15) is 5.82 Å². The molecule has 1 saturated carbocycles. The van der Waals surface area contributed by atoms with E-state index >= 15 is 0 Å². The summed E-state index contributed by atoms with van der Waals surface area (Å²) < 4.78 is 13.4. The van der Waals surface area contributed by atoms with Crippen molar-refractivity contribution in [1.29, 1.82) is 5.26 Å². The zero-order valence-electron chi connectivity index (χ0n) is 11.1. The molecule has 19 heavy (non-hydrogen) atoms. The molecule has 1 aromatic carbocycles. The molecule has 3 rings (SSSR count). The lowest BCUT2D eigenvalue weighted by Gasteiger charge is -2.32. The SMILES string of the molecule is N#CC1(Cc2ccc(F)cc2C2CC2)CCNCC1. The lowest BCUT2D eigenvalue weighted by atomic mass is 9.74. The molecule has 1 saturated heterocycles. The molecule has 1 heterocycles. The average Bonchev–Trinajstić information content (AvgIpc) is 3.26. The Labute approximate surface area is 113 Å². The molecule has 0 amide bonds. The molecule has 0 radical (unpaired) electrons. The predicted octanol–water partition coefficient (Wildman–Crippen LogP) is 3.14. The van der Waals surface area contributed by atoms with E-state index in [-0.39, 0.29) is 11.2 Å². The summed E-state index contributed by atoms with van der Waals surface area (Å²) >= 11 is 0. The lowest BCUT2D eigenvalue weighted by molar-refractivity contribution is 0.280. The molecule has 2 nitrogen and oxygen atoms in total. The standard InChI is InChI=1S/C16H19FN2/c17-14-4-3-13(15(9-14)12-1-2-12)10-16(11-18)5-7-19-8-6-16/h3-4,9,12,19H,1-2,5-8,10H2. The molecule has 0 aromatic heterocycles. The third-order valence-electron chi connectivity index (χ3n) is 4.45. The van der Waals surface area contributed by atoms with E-state index in [1.165, 1.54) is 11.6 Å². The first-order chi connectivity index (χ1) is 9.22. The molecule has 0 bridgehead atoms. The van der Waals surface area contributed by atoms with Crippen molar-refractivity contribution in [1.82, 2.24) is 5.32 Å². The van der Waals surface area contributed by atoms with Gasteiger partial charge in [0.05, 0.1) is 11.5 Å². The van der Waals surface area contributed by atoms with Crippen molar-refractivity contribution < 1.29 is 4.39 Å². The van der Waals surface area contributed by atoms with Crippen LogP contribution in [0.1, 0.15) is 42.7 Å². The Morgan fingerprint density at radius 3 is 2.68 bits per heavy atom. The Morgan fingerprint density at radius 1 is 1.32 bits per heavy atom. The van der Waals surface area contributed by atoms with Crippen molar-refractivity contribution in [3.05, 3.63) is 35.1 Å². The predicted molar refractivity (Wildman–Crippen MR) is 72.2 cm³/mol. The van der Waals surface area contributed by atoms with Crippen LogP contribution in [0.5, 0.6) is 0 Å². The highest BCUT2D eigenvalue weighted by molar-refractivity contribution is 5.35. The smallest absolute Gasteiger partial charge is 0.123 e. The van der Waals surface area contributed by atoms with Gasteiger partial charge in [-0.1, -0.05) is 6.07 Å². The van der Waals surface area contributed by atoms with E-state index in [2.05, 4.69) is 11.4 Å². The van der Waals surface area contributed by atoms with Crippen LogP contribution in [0.2, 0.25) is 0 Å². The third kappa shape index (κ3) is 2.64. The molecule has 0 spiro atoms. The van der Waals surface area contributed by atoms with Crippen molar-refractivity contribution in [3.8, 4) is 6.07 Å². The van der Waals surface area contributed by atoms with E-state index in [4.69, 9.17) is 0 Å². The van der Waals surface area contributed by atoms with Gasteiger partial charge < -0.3 is 5.32 Å². The second-order valence-corrected chi connectivity index (χ2v) is 5.94. The van der Waals surface area contributed by atoms with Gasteiger partial charge in [-0.25, -0.2) is 4.39 Å². The second-order valence-electron chi connectivity index (χ2n) is 5.94. The number of benzene rings is 1. The van der Waals surface area contributed by atoms with Crippen LogP contribution in [-0.4, -0.2) is 13.1 Å². The summed E-state index contributed by atoms with van der Waals surface area (Å²) in [6.45, 7) is 1.82. The van der Waals surface area contributed by atoms with Crippen LogP contribution >= 0.6 is 0 Å². The minimum absolute atomic E-state index is 0.151. The molecule has 0 atom stereocenters. The first kappa shape index (κ1) is 12.6. The maximum Gasteiger partial charge on any atom is 0.123 e. The van der Waals surface area contributed by atoms with Crippen molar-refractivity contribution >= 4 is 0 Å². The summed E-state index contributed by atoms with van der Waals surface area (Å²) in [5.74, 6) is 0.380. The summed E-state index contributed by atoms with van der Waals surface area (Å²) in [6.07, 6.45) is 4.89. The molecule has 0 unspecified atom stereocenters. The van der Waals surface area contributed by atoms with E-state index in [1.807, 2.05) is 6.07 Å². The molecule has 1 N–H and O–H groups in total. The second kappa shape index (κ2) is 4.94. The highest BCUT2D eigenvalue weighted by Crippen LogP contribution is 2.44. The quantitative estimate of drug-likeness (QED) is 0.904. The molecule has 1 aliphatic heterocycles. The topological polar surface area (TPSA) is 35.8 Å². The number of rotatable bonds is 3. The molecule has 2 fully saturated rings. The molecular formula is C16H19FN2. The van der Waals surface area contributed by atoms with Crippen LogP contribution in [0.3, 0.4) is 0 Å². The Bertz CT molecular complexity index is 508. The lowest BCUT2D eigenvalue weighted by Crippen LogP contribution is -2.37. The number of nitrogens with one attached hydrogen (secondary N) is 1. The van der Waals surface area contributed by atoms with Crippen LogP contribution in [0.15, 0.2) is 18.2 Å². The highest BCUT2D eigenvalue weighted by atomic mass is 19.1. The van der Waals surface area contributed by atoms with E-state index in [9.17, 15) is 9.65 Å². The fraction of sp³-hybridized carbons (Fsp3) is 0.562. The van der Waals surface area contributed by atoms with Gasteiger partial charge in [-0.15, -0.1) is 0 Å². The van der Waals surface area contributed by atoms with E-state index < -0.39 is 0 Å². The van der Waals surface area contributed by atoms with Crippen LogP contribution in [0.4, 0.5) is 4.39 Å². The molecule has 2 aliphatic rings. The zero-order valence-corrected chi connectivity index (χ0v) is 11.1. The summed E-state index contributed by atoms with van der Waals surface area (Å²) in [4.78, 5) is 0. The van der Waals surface area contributed by atoms with E-state index in [0.717, 1.165) is 50.8 Å². The fourth-order valence-electron chi connectivity index (χ4n) is 3.10. The molecule has 1 aliphatic carbocycles. The highest BCUT2D eigenvalue weighted by Gasteiger charge is 2.35. The van der Waals surface area contributed by atoms with Gasteiger partial charge in [0.2, 0.25) is 0 Å². The summed E-state index contributed by atoms with van der Waals surface area (Å²) in [5, 5.41) is 12.9. The minimum atomic E-state index is -0.257. The van der Waals surface area contributed by atoms with Crippen molar-refractivity contribution in [3.63, 3.8) is 0 Å². The molecule has 3 heteroatoms. The van der Waals surface area contributed by atoms with Gasteiger partial charge in [0, 0.05) is 0 Å². The maximum atomic E-state index is 13.4.